The minimum Gasteiger partial charge on any atom is -0.389 e. The Hall–Kier alpha value is -0.860. The van der Waals surface area contributed by atoms with Gasteiger partial charge in [-0.25, -0.2) is 0 Å². The van der Waals surface area contributed by atoms with Crippen LogP contribution in [0.15, 0.2) is 24.3 Å². The van der Waals surface area contributed by atoms with Crippen LogP contribution < -0.4 is 5.32 Å². The van der Waals surface area contributed by atoms with Crippen LogP contribution >= 0.6 is 0 Å². The van der Waals surface area contributed by atoms with Gasteiger partial charge < -0.3 is 10.4 Å². The van der Waals surface area contributed by atoms with E-state index in [1.165, 1.54) is 17.5 Å². The van der Waals surface area contributed by atoms with E-state index < -0.39 is 5.60 Å². The molecule has 1 fully saturated rings. The highest BCUT2D eigenvalue weighted by molar-refractivity contribution is 5.21. The molecule has 2 heteroatoms. The maximum atomic E-state index is 9.88. The molecule has 0 radical (unpaired) electrons. The third-order valence-electron chi connectivity index (χ3n) is 3.15. The lowest BCUT2D eigenvalue weighted by molar-refractivity contribution is -0.0314. The van der Waals surface area contributed by atoms with Gasteiger partial charge in [0.15, 0.2) is 0 Å². The number of hydrogen-bond donors (Lipinski definition) is 2. The molecule has 1 saturated carbocycles. The molecule has 0 amide bonds. The van der Waals surface area contributed by atoms with E-state index in [-0.39, 0.29) is 0 Å². The Labute approximate surface area is 91.3 Å². The third-order valence-corrected chi connectivity index (χ3v) is 3.15. The molecule has 2 nitrogen and oxygen atoms in total. The van der Waals surface area contributed by atoms with Crippen molar-refractivity contribution in [1.82, 2.24) is 5.32 Å². The molecule has 0 bridgehead atoms. The van der Waals surface area contributed by atoms with Gasteiger partial charge in [-0.3, -0.25) is 0 Å². The highest BCUT2D eigenvalue weighted by Gasteiger charge is 2.33. The fraction of sp³-hybridized carbons (Fsp3) is 0.538. The Morgan fingerprint density at radius 1 is 1.40 bits per heavy atom. The maximum Gasteiger partial charge on any atom is 0.0771 e. The molecule has 1 aromatic carbocycles. The fourth-order valence-electron chi connectivity index (χ4n) is 2.02. The first-order chi connectivity index (χ1) is 7.18. The van der Waals surface area contributed by atoms with E-state index in [9.17, 15) is 5.11 Å². The molecule has 2 rings (SSSR count). The lowest BCUT2D eigenvalue weighted by atomic mass is 9.80. The predicted octanol–water partition coefficient (Wildman–Crippen LogP) is 2.00. The Bertz CT molecular complexity index is 331. The van der Waals surface area contributed by atoms with Crippen molar-refractivity contribution in [3.63, 3.8) is 0 Å². The normalized spacial score (nSPS) is 18.5. The molecule has 0 aliphatic heterocycles. The molecule has 0 unspecified atom stereocenters. The molecule has 82 valence electrons. The minimum absolute atomic E-state index is 0.413. The van der Waals surface area contributed by atoms with E-state index in [1.807, 2.05) is 0 Å². The maximum absolute atomic E-state index is 9.88. The van der Waals surface area contributed by atoms with Gasteiger partial charge in [0.05, 0.1) is 5.60 Å². The number of nitrogens with one attached hydrogen (secondary N) is 1. The van der Waals surface area contributed by atoms with Crippen molar-refractivity contribution in [1.29, 1.82) is 0 Å². The molecule has 1 aromatic rings. The molecular formula is C13H19NO. The molecule has 0 saturated heterocycles. The zero-order valence-corrected chi connectivity index (χ0v) is 9.29. The van der Waals surface area contributed by atoms with Crippen molar-refractivity contribution in [2.75, 3.05) is 6.54 Å². The van der Waals surface area contributed by atoms with Gasteiger partial charge in [-0.1, -0.05) is 29.8 Å². The zero-order chi connectivity index (χ0) is 10.7. The standard InChI is InChI=1S/C13H19NO/c1-11-4-2-5-12(8-11)9-14-10-13(15)6-3-7-13/h2,4-5,8,14-15H,3,6-7,9-10H2,1H3. The highest BCUT2D eigenvalue weighted by Crippen LogP contribution is 2.30. The molecule has 1 aliphatic rings. The van der Waals surface area contributed by atoms with Crippen LogP contribution in [-0.2, 0) is 6.54 Å². The van der Waals surface area contributed by atoms with Crippen LogP contribution in [0.25, 0.3) is 0 Å². The second-order valence-electron chi connectivity index (χ2n) is 4.67. The molecule has 1 aliphatic carbocycles. The van der Waals surface area contributed by atoms with E-state index in [2.05, 4.69) is 36.5 Å². The van der Waals surface area contributed by atoms with Crippen LogP contribution in [0.5, 0.6) is 0 Å². The first-order valence-electron chi connectivity index (χ1n) is 5.67. The van der Waals surface area contributed by atoms with Crippen LogP contribution in [0, 0.1) is 6.92 Å². The van der Waals surface area contributed by atoms with Gasteiger partial charge in [0.2, 0.25) is 0 Å². The summed E-state index contributed by atoms with van der Waals surface area (Å²) in [5, 5.41) is 13.2. The zero-order valence-electron chi connectivity index (χ0n) is 9.29. The van der Waals surface area contributed by atoms with Crippen LogP contribution in [0.4, 0.5) is 0 Å². The molecule has 2 N–H and O–H groups in total. The predicted molar refractivity (Wildman–Crippen MR) is 61.7 cm³/mol. The first kappa shape index (κ1) is 10.7. The topological polar surface area (TPSA) is 32.3 Å². The van der Waals surface area contributed by atoms with Gasteiger partial charge in [-0.2, -0.15) is 0 Å². The molecule has 0 heterocycles. The molecular weight excluding hydrogens is 186 g/mol. The van der Waals surface area contributed by atoms with Gasteiger partial charge in [0, 0.05) is 13.1 Å². The summed E-state index contributed by atoms with van der Waals surface area (Å²) in [6, 6.07) is 8.47. The van der Waals surface area contributed by atoms with Gasteiger partial charge >= 0.3 is 0 Å². The second kappa shape index (κ2) is 4.33. The third kappa shape index (κ3) is 2.80. The first-order valence-corrected chi connectivity index (χ1v) is 5.67. The lowest BCUT2D eigenvalue weighted by Gasteiger charge is -2.36. The van der Waals surface area contributed by atoms with Gasteiger partial charge in [0.25, 0.3) is 0 Å². The number of aliphatic hydroxyl groups is 1. The summed E-state index contributed by atoms with van der Waals surface area (Å²) in [7, 11) is 0. The van der Waals surface area contributed by atoms with E-state index in [4.69, 9.17) is 0 Å². The van der Waals surface area contributed by atoms with Crippen LogP contribution in [0.3, 0.4) is 0 Å². The Balaban J connectivity index is 1.78. The summed E-state index contributed by atoms with van der Waals surface area (Å²) in [5.74, 6) is 0. The average molecular weight is 205 g/mol. The Morgan fingerprint density at radius 3 is 2.80 bits per heavy atom. The van der Waals surface area contributed by atoms with Crippen molar-refractivity contribution in [3.8, 4) is 0 Å². The Kier molecular flexibility index (Phi) is 3.08. The smallest absolute Gasteiger partial charge is 0.0771 e. The number of hydrogen-bond acceptors (Lipinski definition) is 2. The molecule has 0 spiro atoms. The lowest BCUT2D eigenvalue weighted by Crippen LogP contribution is -2.45. The highest BCUT2D eigenvalue weighted by atomic mass is 16.3. The van der Waals surface area contributed by atoms with Gasteiger partial charge in [0.1, 0.15) is 0 Å². The van der Waals surface area contributed by atoms with E-state index in [1.54, 1.807) is 0 Å². The largest absolute Gasteiger partial charge is 0.389 e. The summed E-state index contributed by atoms with van der Waals surface area (Å²) >= 11 is 0. The average Bonchev–Trinajstić information content (AvgIpc) is 2.15. The van der Waals surface area contributed by atoms with Crippen LogP contribution in [0.2, 0.25) is 0 Å². The quantitative estimate of drug-likeness (QED) is 0.788. The summed E-state index contributed by atoms with van der Waals surface area (Å²) in [6.07, 6.45) is 3.07. The number of benzene rings is 1. The van der Waals surface area contributed by atoms with Crippen LogP contribution in [0.1, 0.15) is 30.4 Å². The van der Waals surface area contributed by atoms with Crippen molar-refractivity contribution >= 4 is 0 Å². The summed E-state index contributed by atoms with van der Waals surface area (Å²) in [5.41, 5.74) is 2.17. The van der Waals surface area contributed by atoms with Crippen molar-refractivity contribution in [2.24, 2.45) is 0 Å². The summed E-state index contributed by atoms with van der Waals surface area (Å²) in [4.78, 5) is 0. The van der Waals surface area contributed by atoms with Crippen molar-refractivity contribution < 1.29 is 5.11 Å². The van der Waals surface area contributed by atoms with Crippen molar-refractivity contribution in [3.05, 3.63) is 35.4 Å². The summed E-state index contributed by atoms with van der Waals surface area (Å²) < 4.78 is 0. The summed E-state index contributed by atoms with van der Waals surface area (Å²) in [6.45, 7) is 3.67. The van der Waals surface area contributed by atoms with Gasteiger partial charge in [-0.15, -0.1) is 0 Å². The van der Waals surface area contributed by atoms with Crippen LogP contribution in [-0.4, -0.2) is 17.3 Å². The van der Waals surface area contributed by atoms with E-state index >= 15 is 0 Å². The fourth-order valence-corrected chi connectivity index (χ4v) is 2.02. The molecule has 15 heavy (non-hydrogen) atoms. The van der Waals surface area contributed by atoms with E-state index in [0.717, 1.165) is 25.9 Å². The van der Waals surface area contributed by atoms with Gasteiger partial charge in [-0.05, 0) is 31.7 Å². The molecule has 0 atom stereocenters. The van der Waals surface area contributed by atoms with E-state index in [0.29, 0.717) is 0 Å². The molecule has 0 aromatic heterocycles. The Morgan fingerprint density at radius 2 is 2.20 bits per heavy atom. The number of rotatable bonds is 4. The second-order valence-corrected chi connectivity index (χ2v) is 4.67. The SMILES string of the molecule is Cc1cccc(CNCC2(O)CCC2)c1. The number of aryl methyl sites for hydroxylation is 1. The monoisotopic (exact) mass is 205 g/mol. The van der Waals surface area contributed by atoms with Crippen molar-refractivity contribution in [2.45, 2.75) is 38.3 Å². The minimum atomic E-state index is -0.413.